The molecule has 0 bridgehead atoms. The molecule has 1 aliphatic heterocycles. The topological polar surface area (TPSA) is 38.8 Å². The molecule has 2 aromatic rings. The van der Waals surface area contributed by atoms with Gasteiger partial charge in [-0.2, -0.15) is 0 Å². The molecular formula is C23H22O3. The smallest absolute Gasteiger partial charge is 0.384 e. The molecule has 0 radical (unpaired) electrons. The lowest BCUT2D eigenvalue weighted by Crippen LogP contribution is -2.37. The molecule has 2 aromatic carbocycles. The average Bonchev–Trinajstić information content (AvgIpc) is 3.41. The predicted octanol–water partition coefficient (Wildman–Crippen LogP) is 3.86. The Balaban J connectivity index is 1.63. The van der Waals surface area contributed by atoms with Gasteiger partial charge in [-0.3, -0.25) is 0 Å². The van der Waals surface area contributed by atoms with Crippen molar-refractivity contribution in [2.45, 2.75) is 43.3 Å². The molecule has 4 rings (SSSR count). The highest BCUT2D eigenvalue weighted by molar-refractivity contribution is 5.88. The highest BCUT2D eigenvalue weighted by Gasteiger charge is 2.62. The number of epoxide rings is 1. The van der Waals surface area contributed by atoms with Crippen LogP contribution in [0.1, 0.15) is 37.3 Å². The van der Waals surface area contributed by atoms with Crippen LogP contribution in [-0.2, 0) is 19.7 Å². The zero-order valence-corrected chi connectivity index (χ0v) is 14.9. The van der Waals surface area contributed by atoms with Gasteiger partial charge in [0.1, 0.15) is 6.10 Å². The Morgan fingerprint density at radius 2 is 1.69 bits per heavy atom. The number of carbonyl (C=O) groups is 1. The third-order valence-electron chi connectivity index (χ3n) is 5.58. The first-order chi connectivity index (χ1) is 12.7. The van der Waals surface area contributed by atoms with Gasteiger partial charge < -0.3 is 9.47 Å². The number of benzene rings is 2. The molecule has 1 heterocycles. The standard InChI is InChI=1S/C23H22O3/c1-2-25-21(24)13-14-23-16-15-22(17-20(23)26-23,18-9-5-3-6-10-18)19-11-7-4-8-12-19/h3-12,20H,2,15-17H2,1H3/t20-,23+/m0/s1. The normalized spacial score (nSPS) is 25.3. The maximum atomic E-state index is 11.6. The fourth-order valence-electron chi connectivity index (χ4n) is 4.17. The molecule has 26 heavy (non-hydrogen) atoms. The summed E-state index contributed by atoms with van der Waals surface area (Å²) in [5.74, 6) is 5.18. The van der Waals surface area contributed by atoms with E-state index in [9.17, 15) is 4.79 Å². The van der Waals surface area contributed by atoms with E-state index < -0.39 is 11.6 Å². The van der Waals surface area contributed by atoms with Gasteiger partial charge in [-0.05, 0) is 37.3 Å². The van der Waals surface area contributed by atoms with Crippen molar-refractivity contribution in [1.29, 1.82) is 0 Å². The summed E-state index contributed by atoms with van der Waals surface area (Å²) in [5, 5.41) is 0. The van der Waals surface area contributed by atoms with Crippen molar-refractivity contribution in [3.8, 4) is 11.8 Å². The van der Waals surface area contributed by atoms with Gasteiger partial charge in [0.2, 0.25) is 0 Å². The molecule has 0 amide bonds. The minimum atomic E-state index is -0.473. The van der Waals surface area contributed by atoms with Crippen LogP contribution in [0, 0.1) is 11.8 Å². The lowest BCUT2D eigenvalue weighted by molar-refractivity contribution is -0.136. The molecule has 0 aromatic heterocycles. The monoisotopic (exact) mass is 346 g/mol. The third kappa shape index (κ3) is 2.91. The van der Waals surface area contributed by atoms with Crippen molar-refractivity contribution >= 4 is 5.97 Å². The largest absolute Gasteiger partial charge is 0.456 e. The van der Waals surface area contributed by atoms with Gasteiger partial charge in [-0.25, -0.2) is 4.79 Å². The van der Waals surface area contributed by atoms with E-state index in [-0.39, 0.29) is 11.5 Å². The van der Waals surface area contributed by atoms with Crippen LogP contribution in [0.2, 0.25) is 0 Å². The van der Waals surface area contributed by atoms with Crippen molar-refractivity contribution in [2.24, 2.45) is 0 Å². The summed E-state index contributed by atoms with van der Waals surface area (Å²) in [6, 6.07) is 21.3. The van der Waals surface area contributed by atoms with Gasteiger partial charge in [-0.1, -0.05) is 66.6 Å². The van der Waals surface area contributed by atoms with E-state index in [2.05, 4.69) is 60.4 Å². The lowest BCUT2D eigenvalue weighted by atomic mass is 9.63. The van der Waals surface area contributed by atoms with Crippen LogP contribution in [0.3, 0.4) is 0 Å². The molecule has 3 heteroatoms. The van der Waals surface area contributed by atoms with E-state index in [4.69, 9.17) is 9.47 Å². The van der Waals surface area contributed by atoms with Gasteiger partial charge in [0, 0.05) is 11.3 Å². The predicted molar refractivity (Wildman–Crippen MR) is 99.5 cm³/mol. The highest BCUT2D eigenvalue weighted by atomic mass is 16.6. The van der Waals surface area contributed by atoms with Crippen LogP contribution in [0.5, 0.6) is 0 Å². The SMILES string of the molecule is CCOC(=O)C#C[C@@]12CCC(c3ccccc3)(c3ccccc3)C[C@@H]1O2. The first kappa shape index (κ1) is 16.9. The van der Waals surface area contributed by atoms with E-state index in [1.165, 1.54) is 11.1 Å². The second-order valence-corrected chi connectivity index (χ2v) is 6.98. The number of ether oxygens (including phenoxy) is 2. The summed E-state index contributed by atoms with van der Waals surface area (Å²) in [6.45, 7) is 2.12. The van der Waals surface area contributed by atoms with Gasteiger partial charge in [-0.15, -0.1) is 0 Å². The second-order valence-electron chi connectivity index (χ2n) is 6.98. The van der Waals surface area contributed by atoms with Crippen molar-refractivity contribution < 1.29 is 14.3 Å². The van der Waals surface area contributed by atoms with Crippen LogP contribution in [0.25, 0.3) is 0 Å². The average molecular weight is 346 g/mol. The minimum absolute atomic E-state index is 0.0542. The van der Waals surface area contributed by atoms with Gasteiger partial charge in [0.15, 0.2) is 5.60 Å². The summed E-state index contributed by atoms with van der Waals surface area (Å²) in [6.07, 6.45) is 2.68. The molecule has 1 saturated heterocycles. The molecule has 0 spiro atoms. The number of hydrogen-bond acceptors (Lipinski definition) is 3. The number of esters is 1. The maximum absolute atomic E-state index is 11.6. The molecule has 0 N–H and O–H groups in total. The molecule has 132 valence electrons. The number of hydrogen-bond donors (Lipinski definition) is 0. The van der Waals surface area contributed by atoms with Gasteiger partial charge >= 0.3 is 5.97 Å². The summed E-state index contributed by atoms with van der Waals surface area (Å²) in [7, 11) is 0. The lowest BCUT2D eigenvalue weighted by Gasteiger charge is -2.38. The molecule has 2 atom stereocenters. The van der Waals surface area contributed by atoms with Crippen molar-refractivity contribution in [3.05, 3.63) is 71.8 Å². The Morgan fingerprint density at radius 1 is 1.08 bits per heavy atom. The highest BCUT2D eigenvalue weighted by Crippen LogP contribution is 2.56. The zero-order chi connectivity index (χ0) is 18.0. The van der Waals surface area contributed by atoms with Crippen LogP contribution >= 0.6 is 0 Å². The Morgan fingerprint density at radius 3 is 2.23 bits per heavy atom. The fraction of sp³-hybridized carbons (Fsp3) is 0.348. The van der Waals surface area contributed by atoms with Gasteiger partial charge in [0.05, 0.1) is 6.61 Å². The first-order valence-corrected chi connectivity index (χ1v) is 9.17. The number of carbonyl (C=O) groups excluding carboxylic acids is 1. The molecule has 1 aliphatic carbocycles. The molecule has 2 aliphatic rings. The molecule has 0 unspecified atom stereocenters. The molecular weight excluding hydrogens is 324 g/mol. The van der Waals surface area contributed by atoms with Crippen molar-refractivity contribution in [3.63, 3.8) is 0 Å². The van der Waals surface area contributed by atoms with Crippen LogP contribution in [0.4, 0.5) is 0 Å². The van der Waals surface area contributed by atoms with E-state index in [1.54, 1.807) is 6.92 Å². The molecule has 3 nitrogen and oxygen atoms in total. The van der Waals surface area contributed by atoms with Crippen LogP contribution in [-0.4, -0.2) is 24.3 Å². The van der Waals surface area contributed by atoms with Crippen molar-refractivity contribution in [1.82, 2.24) is 0 Å². The Labute approximate surface area is 154 Å². The Kier molecular flexibility index (Phi) is 4.30. The summed E-state index contributed by atoms with van der Waals surface area (Å²) < 4.78 is 10.9. The van der Waals surface area contributed by atoms with E-state index in [0.29, 0.717) is 6.61 Å². The first-order valence-electron chi connectivity index (χ1n) is 9.17. The summed E-state index contributed by atoms with van der Waals surface area (Å²) in [5.41, 5.74) is 2.08. The fourth-order valence-corrected chi connectivity index (χ4v) is 4.17. The second kappa shape index (κ2) is 6.63. The minimum Gasteiger partial charge on any atom is -0.456 e. The summed E-state index contributed by atoms with van der Waals surface area (Å²) >= 11 is 0. The summed E-state index contributed by atoms with van der Waals surface area (Å²) in [4.78, 5) is 11.6. The third-order valence-corrected chi connectivity index (χ3v) is 5.58. The van der Waals surface area contributed by atoms with Crippen LogP contribution in [0.15, 0.2) is 60.7 Å². The zero-order valence-electron chi connectivity index (χ0n) is 14.9. The maximum Gasteiger partial charge on any atom is 0.384 e. The van der Waals surface area contributed by atoms with Gasteiger partial charge in [0.25, 0.3) is 0 Å². The van der Waals surface area contributed by atoms with Crippen molar-refractivity contribution in [2.75, 3.05) is 6.61 Å². The number of rotatable bonds is 3. The van der Waals surface area contributed by atoms with Crippen LogP contribution < -0.4 is 0 Å². The number of fused-ring (bicyclic) bond motifs is 1. The van der Waals surface area contributed by atoms with E-state index in [0.717, 1.165) is 19.3 Å². The van der Waals surface area contributed by atoms with E-state index in [1.807, 2.05) is 12.1 Å². The Bertz CT molecular complexity index is 808. The molecule has 2 fully saturated rings. The quantitative estimate of drug-likeness (QED) is 0.367. The Hall–Kier alpha value is -2.57. The molecule has 1 saturated carbocycles. The van der Waals surface area contributed by atoms with E-state index >= 15 is 0 Å².